The molecule has 0 saturated carbocycles. The zero-order valence-electron chi connectivity index (χ0n) is 13.4. The largest absolute Gasteiger partial charge is 0.346 e. The first-order chi connectivity index (χ1) is 12.2. The Labute approximate surface area is 143 Å². The molecule has 8 heteroatoms. The molecular weight excluding hydrogens is 323 g/mol. The molecule has 0 spiro atoms. The lowest BCUT2D eigenvalue weighted by Gasteiger charge is -2.17. The van der Waals surface area contributed by atoms with Gasteiger partial charge in [0, 0.05) is 31.0 Å². The lowest BCUT2D eigenvalue weighted by atomic mass is 10.1. The lowest BCUT2D eigenvalue weighted by Crippen LogP contribution is -2.42. The number of rotatable bonds is 3. The number of benzene rings is 1. The van der Waals surface area contributed by atoms with Gasteiger partial charge in [-0.05, 0) is 12.1 Å². The van der Waals surface area contributed by atoms with Crippen molar-refractivity contribution in [1.29, 1.82) is 0 Å². The summed E-state index contributed by atoms with van der Waals surface area (Å²) in [5.74, 6) is 0.336. The lowest BCUT2D eigenvalue weighted by molar-refractivity contribution is 0.0934. The van der Waals surface area contributed by atoms with Crippen LogP contribution in [0.5, 0.6) is 0 Å². The van der Waals surface area contributed by atoms with Crippen molar-refractivity contribution in [2.75, 3.05) is 6.54 Å². The Morgan fingerprint density at radius 3 is 3.20 bits per heavy atom. The van der Waals surface area contributed by atoms with Crippen LogP contribution in [0, 0.1) is 5.82 Å². The minimum absolute atomic E-state index is 0.0850. The summed E-state index contributed by atoms with van der Waals surface area (Å²) in [7, 11) is 0. The number of imidazole rings is 1. The van der Waals surface area contributed by atoms with E-state index in [1.165, 1.54) is 18.3 Å². The number of aromatic amines is 1. The summed E-state index contributed by atoms with van der Waals surface area (Å²) in [6.45, 7) is 1.95. The molecule has 1 amide bonds. The van der Waals surface area contributed by atoms with Gasteiger partial charge in [0.25, 0.3) is 5.91 Å². The smallest absolute Gasteiger partial charge is 0.255 e. The first-order valence-electron chi connectivity index (χ1n) is 8.01. The zero-order valence-corrected chi connectivity index (χ0v) is 13.4. The fourth-order valence-electron chi connectivity index (χ4n) is 3.02. The van der Waals surface area contributed by atoms with Crippen LogP contribution in [0.2, 0.25) is 0 Å². The van der Waals surface area contributed by atoms with E-state index < -0.39 is 0 Å². The van der Waals surface area contributed by atoms with Crippen LogP contribution >= 0.6 is 0 Å². The second kappa shape index (κ2) is 6.48. The van der Waals surface area contributed by atoms with Crippen LogP contribution in [0.3, 0.4) is 0 Å². The summed E-state index contributed by atoms with van der Waals surface area (Å²) in [6, 6.07) is 5.98. The molecule has 1 aliphatic heterocycles. The molecule has 0 aliphatic carbocycles. The number of fused-ring (bicyclic) bond motifs is 1. The van der Waals surface area contributed by atoms with Crippen molar-refractivity contribution in [3.05, 3.63) is 60.1 Å². The quantitative estimate of drug-likeness (QED) is 0.671. The van der Waals surface area contributed by atoms with Gasteiger partial charge in [0.2, 0.25) is 0 Å². The topological polar surface area (TPSA) is 87.6 Å². The predicted octanol–water partition coefficient (Wildman–Crippen LogP) is 1.31. The second-order valence-corrected chi connectivity index (χ2v) is 5.97. The highest BCUT2D eigenvalue weighted by Crippen LogP contribution is 2.22. The standard InChI is InChI=1S/C17H17FN6O/c18-12-3-1-2-11(6-12)16-14(8-21-23-16)17(25)22-13-7-19-9-15-20-4-5-24(15)10-13/h1-6,8,13,19H,7,9-10H2,(H,21,23)(H,22,25). The number of amides is 1. The van der Waals surface area contributed by atoms with Gasteiger partial charge in [-0.25, -0.2) is 9.37 Å². The molecule has 3 N–H and O–H groups in total. The van der Waals surface area contributed by atoms with Gasteiger partial charge >= 0.3 is 0 Å². The van der Waals surface area contributed by atoms with Crippen LogP contribution in [-0.2, 0) is 13.1 Å². The number of H-pyrrole nitrogens is 1. The average Bonchev–Trinajstić information content (AvgIpc) is 3.21. The van der Waals surface area contributed by atoms with Gasteiger partial charge in [-0.15, -0.1) is 0 Å². The highest BCUT2D eigenvalue weighted by atomic mass is 19.1. The maximum absolute atomic E-state index is 13.5. The number of nitrogens with zero attached hydrogens (tertiary/aromatic N) is 3. The van der Waals surface area contributed by atoms with E-state index in [2.05, 4.69) is 25.8 Å². The van der Waals surface area contributed by atoms with Crippen LogP contribution in [-0.4, -0.2) is 38.2 Å². The van der Waals surface area contributed by atoms with Crippen molar-refractivity contribution in [2.45, 2.75) is 19.1 Å². The number of halogens is 1. The van der Waals surface area contributed by atoms with E-state index in [0.717, 1.165) is 5.82 Å². The number of nitrogens with one attached hydrogen (secondary N) is 3. The highest BCUT2D eigenvalue weighted by Gasteiger charge is 2.21. The van der Waals surface area contributed by atoms with Crippen molar-refractivity contribution in [2.24, 2.45) is 0 Å². The minimum Gasteiger partial charge on any atom is -0.346 e. The van der Waals surface area contributed by atoms with E-state index in [1.807, 2.05) is 10.8 Å². The van der Waals surface area contributed by atoms with Crippen molar-refractivity contribution >= 4 is 5.91 Å². The first kappa shape index (κ1) is 15.5. The van der Waals surface area contributed by atoms with Gasteiger partial charge in [0.15, 0.2) is 0 Å². The molecule has 0 saturated heterocycles. The van der Waals surface area contributed by atoms with Crippen LogP contribution in [0.15, 0.2) is 42.9 Å². The predicted molar refractivity (Wildman–Crippen MR) is 89.2 cm³/mol. The molecule has 2 aromatic heterocycles. The normalized spacial score (nSPS) is 16.9. The molecule has 4 rings (SSSR count). The minimum atomic E-state index is -0.362. The molecule has 1 atom stereocenters. The van der Waals surface area contributed by atoms with Crippen molar-refractivity contribution < 1.29 is 9.18 Å². The summed E-state index contributed by atoms with van der Waals surface area (Å²) in [4.78, 5) is 17.0. The summed E-state index contributed by atoms with van der Waals surface area (Å²) in [5, 5.41) is 13.0. The van der Waals surface area contributed by atoms with Crippen LogP contribution in [0.4, 0.5) is 4.39 Å². The Morgan fingerprint density at radius 2 is 2.32 bits per heavy atom. The summed E-state index contributed by atoms with van der Waals surface area (Å²) in [6.07, 6.45) is 5.11. The number of hydrogen-bond acceptors (Lipinski definition) is 4. The van der Waals surface area contributed by atoms with Gasteiger partial charge in [-0.1, -0.05) is 12.1 Å². The van der Waals surface area contributed by atoms with Crippen molar-refractivity contribution in [3.63, 3.8) is 0 Å². The van der Waals surface area contributed by atoms with Crippen LogP contribution in [0.1, 0.15) is 16.2 Å². The van der Waals surface area contributed by atoms with Gasteiger partial charge in [0.05, 0.1) is 30.0 Å². The van der Waals surface area contributed by atoms with Crippen LogP contribution < -0.4 is 10.6 Å². The van der Waals surface area contributed by atoms with Crippen LogP contribution in [0.25, 0.3) is 11.3 Å². The molecule has 7 nitrogen and oxygen atoms in total. The molecule has 3 heterocycles. The Bertz CT molecular complexity index is 902. The molecule has 1 unspecified atom stereocenters. The third kappa shape index (κ3) is 3.16. The Hall–Kier alpha value is -3.00. The van der Waals surface area contributed by atoms with E-state index >= 15 is 0 Å². The summed E-state index contributed by atoms with van der Waals surface area (Å²) < 4.78 is 15.5. The maximum atomic E-state index is 13.5. The number of carbonyl (C=O) groups excluding carboxylic acids is 1. The maximum Gasteiger partial charge on any atom is 0.255 e. The van der Waals surface area contributed by atoms with Gasteiger partial charge < -0.3 is 15.2 Å². The van der Waals surface area contributed by atoms with E-state index in [-0.39, 0.29) is 17.8 Å². The van der Waals surface area contributed by atoms with E-state index in [9.17, 15) is 9.18 Å². The molecular formula is C17H17FN6O. The number of carbonyl (C=O) groups is 1. The molecule has 1 aromatic carbocycles. The monoisotopic (exact) mass is 340 g/mol. The number of hydrogen-bond donors (Lipinski definition) is 3. The first-order valence-corrected chi connectivity index (χ1v) is 8.01. The molecule has 0 radical (unpaired) electrons. The van der Waals surface area contributed by atoms with Gasteiger partial charge in [-0.3, -0.25) is 9.89 Å². The highest BCUT2D eigenvalue weighted by molar-refractivity contribution is 5.99. The fraction of sp³-hybridized carbons (Fsp3) is 0.235. The molecule has 25 heavy (non-hydrogen) atoms. The Morgan fingerprint density at radius 1 is 1.40 bits per heavy atom. The summed E-state index contributed by atoms with van der Waals surface area (Å²) >= 11 is 0. The summed E-state index contributed by atoms with van der Waals surface area (Å²) in [5.41, 5.74) is 1.47. The van der Waals surface area contributed by atoms with E-state index in [1.54, 1.807) is 18.3 Å². The molecule has 0 fully saturated rings. The van der Waals surface area contributed by atoms with Crippen molar-refractivity contribution in [1.82, 2.24) is 30.4 Å². The third-order valence-electron chi connectivity index (χ3n) is 4.23. The van der Waals surface area contributed by atoms with E-state index in [4.69, 9.17) is 0 Å². The Kier molecular flexibility index (Phi) is 4.02. The fourth-order valence-corrected chi connectivity index (χ4v) is 3.02. The average molecular weight is 340 g/mol. The molecule has 128 valence electrons. The van der Waals surface area contributed by atoms with E-state index in [0.29, 0.717) is 36.5 Å². The Balaban J connectivity index is 1.54. The zero-order chi connectivity index (χ0) is 17.2. The second-order valence-electron chi connectivity index (χ2n) is 5.97. The molecule has 3 aromatic rings. The van der Waals surface area contributed by atoms with Gasteiger partial charge in [-0.2, -0.15) is 5.10 Å². The van der Waals surface area contributed by atoms with Crippen molar-refractivity contribution in [3.8, 4) is 11.3 Å². The van der Waals surface area contributed by atoms with Gasteiger partial charge in [0.1, 0.15) is 11.6 Å². The third-order valence-corrected chi connectivity index (χ3v) is 4.23. The SMILES string of the molecule is O=C(NC1CNCc2nccn2C1)c1cn[nH]c1-c1cccc(F)c1. The molecule has 0 bridgehead atoms. The molecule has 1 aliphatic rings. The number of aromatic nitrogens is 4.